The molecule has 0 aliphatic carbocycles. The van der Waals surface area contributed by atoms with Gasteiger partial charge < -0.3 is 0 Å². The Kier molecular flexibility index (Phi) is 5.34. The Bertz CT molecular complexity index is 1160. The van der Waals surface area contributed by atoms with Gasteiger partial charge in [-0.1, -0.05) is 0 Å². The zero-order chi connectivity index (χ0) is 21.5. The van der Waals surface area contributed by atoms with Gasteiger partial charge in [-0.05, 0) is 13.8 Å². The molecule has 0 unspecified atom stereocenters. The van der Waals surface area contributed by atoms with E-state index in [1.165, 1.54) is 10.7 Å². The van der Waals surface area contributed by atoms with Crippen LogP contribution >= 0.6 is 0 Å². The van der Waals surface area contributed by atoms with Crippen molar-refractivity contribution in [1.29, 1.82) is 0 Å². The van der Waals surface area contributed by atoms with Gasteiger partial charge in [0.1, 0.15) is 4.90 Å². The van der Waals surface area contributed by atoms with E-state index in [4.69, 9.17) is 0 Å². The highest BCUT2D eigenvalue weighted by Crippen LogP contribution is 2.24. The average molecular weight is 435 g/mol. The first-order chi connectivity index (χ1) is 13.6. The highest BCUT2D eigenvalue weighted by atomic mass is 32.2. The monoisotopic (exact) mass is 435 g/mol. The maximum Gasteiger partial charge on any atom is 0.266 e. The predicted molar refractivity (Wildman–Crippen MR) is 91.0 cm³/mol. The van der Waals surface area contributed by atoms with Crippen molar-refractivity contribution in [3.8, 4) is 0 Å². The Labute approximate surface area is 161 Å². The van der Waals surface area contributed by atoms with Crippen LogP contribution in [0.25, 0.3) is 0 Å². The first-order valence-electron chi connectivity index (χ1n) is 8.15. The van der Waals surface area contributed by atoms with E-state index >= 15 is 0 Å². The highest BCUT2D eigenvalue weighted by molar-refractivity contribution is 7.92. The summed E-state index contributed by atoms with van der Waals surface area (Å²) in [7, 11) is -4.06. The quantitative estimate of drug-likeness (QED) is 0.367. The molecular weight excluding hydrogens is 421 g/mol. The average Bonchev–Trinajstić information content (AvgIpc) is 3.27. The van der Waals surface area contributed by atoms with Crippen LogP contribution < -0.4 is 4.72 Å². The number of aromatic nitrogens is 4. The number of nitrogens with zero attached hydrogens (tertiary/aromatic N) is 4. The summed E-state index contributed by atoms with van der Waals surface area (Å²) in [6.07, 6.45) is 2.28. The minimum atomic E-state index is -4.06. The van der Waals surface area contributed by atoms with Crippen molar-refractivity contribution in [2.45, 2.75) is 31.8 Å². The molecule has 0 fully saturated rings. The van der Waals surface area contributed by atoms with E-state index in [0.29, 0.717) is 12.2 Å². The van der Waals surface area contributed by atoms with E-state index in [1.807, 2.05) is 0 Å². The third-order valence-electron chi connectivity index (χ3n) is 4.15. The predicted octanol–water partition coefficient (Wildman–Crippen LogP) is 2.95. The number of halogens is 5. The summed E-state index contributed by atoms with van der Waals surface area (Å²) in [5.41, 5.74) is -0.709. The fourth-order valence-electron chi connectivity index (χ4n) is 2.66. The van der Waals surface area contributed by atoms with Crippen LogP contribution in [0.5, 0.6) is 0 Å². The summed E-state index contributed by atoms with van der Waals surface area (Å²) in [6, 6.07) is 1.17. The topological polar surface area (TPSA) is 81.8 Å². The van der Waals surface area contributed by atoms with Crippen LogP contribution in [-0.2, 0) is 23.1 Å². The molecule has 1 N–H and O–H groups in total. The van der Waals surface area contributed by atoms with Crippen molar-refractivity contribution >= 4 is 15.8 Å². The van der Waals surface area contributed by atoms with Crippen molar-refractivity contribution in [1.82, 2.24) is 19.6 Å². The molecule has 0 aliphatic rings. The Hall–Kier alpha value is -2.96. The van der Waals surface area contributed by atoms with Crippen LogP contribution in [0.1, 0.15) is 18.2 Å². The van der Waals surface area contributed by atoms with E-state index in [0.717, 1.165) is 17.1 Å². The zero-order valence-corrected chi connectivity index (χ0v) is 15.9. The molecular formula is C16H14F5N5O2S. The van der Waals surface area contributed by atoms with Gasteiger partial charge in [-0.15, -0.1) is 0 Å². The van der Waals surface area contributed by atoms with Crippen LogP contribution in [0.2, 0.25) is 0 Å². The molecule has 2 aromatic heterocycles. The molecule has 2 heterocycles. The molecule has 1 aromatic carbocycles. The molecule has 0 spiro atoms. The number of aryl methyl sites for hydroxylation is 1. The number of benzene rings is 1. The molecule has 0 amide bonds. The lowest BCUT2D eigenvalue weighted by Gasteiger charge is -2.08. The molecule has 0 atom stereocenters. The Morgan fingerprint density at radius 2 is 1.62 bits per heavy atom. The van der Waals surface area contributed by atoms with Gasteiger partial charge in [0.25, 0.3) is 10.0 Å². The molecule has 0 bridgehead atoms. The highest BCUT2D eigenvalue weighted by Gasteiger charge is 2.26. The van der Waals surface area contributed by atoms with Crippen molar-refractivity contribution < 1.29 is 30.4 Å². The molecule has 0 aliphatic heterocycles. The zero-order valence-electron chi connectivity index (χ0n) is 15.0. The molecule has 7 nitrogen and oxygen atoms in total. The summed E-state index contributed by atoms with van der Waals surface area (Å²) in [6.45, 7) is 3.00. The van der Waals surface area contributed by atoms with E-state index in [1.54, 1.807) is 13.8 Å². The van der Waals surface area contributed by atoms with Gasteiger partial charge in [-0.25, -0.2) is 30.4 Å². The number of anilines is 1. The van der Waals surface area contributed by atoms with E-state index in [9.17, 15) is 30.4 Å². The first kappa shape index (κ1) is 20.8. The minimum Gasteiger partial charge on any atom is -0.269 e. The van der Waals surface area contributed by atoms with E-state index in [-0.39, 0.29) is 10.7 Å². The van der Waals surface area contributed by atoms with Gasteiger partial charge >= 0.3 is 0 Å². The lowest BCUT2D eigenvalue weighted by Crippen LogP contribution is -2.15. The number of rotatable bonds is 6. The van der Waals surface area contributed by atoms with Crippen LogP contribution in [0.4, 0.5) is 27.8 Å². The summed E-state index contributed by atoms with van der Waals surface area (Å²) in [5, 5.41) is 7.70. The fourth-order valence-corrected chi connectivity index (χ4v) is 3.83. The maximum atomic E-state index is 13.8. The smallest absolute Gasteiger partial charge is 0.266 e. The molecule has 156 valence electrons. The SMILES string of the molecule is CCn1ncc(S(=O)(=O)Nc2ccn(Cc3c(F)c(F)c(F)c(F)c3F)n2)c1C. The van der Waals surface area contributed by atoms with Gasteiger partial charge in [0.15, 0.2) is 29.1 Å². The third kappa shape index (κ3) is 3.69. The second kappa shape index (κ2) is 7.46. The Balaban J connectivity index is 1.86. The lowest BCUT2D eigenvalue weighted by atomic mass is 10.1. The molecule has 29 heavy (non-hydrogen) atoms. The first-order valence-corrected chi connectivity index (χ1v) is 9.64. The molecule has 0 radical (unpaired) electrons. The standard InChI is InChI=1S/C16H14F5N5O2S/c1-3-26-8(2)10(6-22-26)29(27,28)24-11-4-5-25(23-11)7-9-12(17)14(19)16(21)15(20)13(9)18/h4-6H,3,7H2,1-2H3,(H,23,24). The number of hydrogen-bond acceptors (Lipinski definition) is 4. The summed E-state index contributed by atoms with van der Waals surface area (Å²) in [4.78, 5) is -0.0892. The molecule has 3 aromatic rings. The lowest BCUT2D eigenvalue weighted by molar-refractivity contribution is 0.367. The van der Waals surface area contributed by atoms with Gasteiger partial charge in [-0.3, -0.25) is 14.1 Å². The Morgan fingerprint density at radius 1 is 1.03 bits per heavy atom. The molecule has 0 saturated carbocycles. The minimum absolute atomic E-state index is 0.0892. The van der Waals surface area contributed by atoms with Crippen LogP contribution in [0.3, 0.4) is 0 Å². The van der Waals surface area contributed by atoms with Crippen LogP contribution in [0.15, 0.2) is 23.4 Å². The van der Waals surface area contributed by atoms with E-state index in [2.05, 4.69) is 14.9 Å². The maximum absolute atomic E-state index is 13.8. The number of sulfonamides is 1. The molecule has 3 rings (SSSR count). The fraction of sp³-hybridized carbons (Fsp3) is 0.250. The van der Waals surface area contributed by atoms with Crippen molar-refractivity contribution in [2.75, 3.05) is 4.72 Å². The van der Waals surface area contributed by atoms with Crippen molar-refractivity contribution in [3.63, 3.8) is 0 Å². The van der Waals surface area contributed by atoms with Gasteiger partial charge in [0.2, 0.25) is 5.82 Å². The molecule has 0 saturated heterocycles. The van der Waals surface area contributed by atoms with Crippen molar-refractivity contribution in [3.05, 3.63) is 58.8 Å². The number of hydrogen-bond donors (Lipinski definition) is 1. The van der Waals surface area contributed by atoms with Gasteiger partial charge in [0.05, 0.1) is 24.0 Å². The summed E-state index contributed by atoms with van der Waals surface area (Å²) >= 11 is 0. The van der Waals surface area contributed by atoms with Gasteiger partial charge in [-0.2, -0.15) is 10.2 Å². The van der Waals surface area contributed by atoms with Crippen LogP contribution in [0, 0.1) is 36.0 Å². The van der Waals surface area contributed by atoms with Crippen LogP contribution in [-0.4, -0.2) is 28.0 Å². The largest absolute Gasteiger partial charge is 0.269 e. The van der Waals surface area contributed by atoms with Gasteiger partial charge in [0, 0.05) is 18.8 Å². The van der Waals surface area contributed by atoms with E-state index < -0.39 is 51.2 Å². The van der Waals surface area contributed by atoms with Crippen molar-refractivity contribution in [2.24, 2.45) is 0 Å². The number of nitrogens with one attached hydrogen (secondary N) is 1. The third-order valence-corrected chi connectivity index (χ3v) is 5.61. The normalized spacial score (nSPS) is 11.8. The summed E-state index contributed by atoms with van der Waals surface area (Å²) in [5.74, 6) is -10.6. The molecule has 13 heteroatoms. The summed E-state index contributed by atoms with van der Waals surface area (Å²) < 4.78 is 96.7. The second-order valence-electron chi connectivity index (χ2n) is 5.96. The second-order valence-corrected chi connectivity index (χ2v) is 7.61. The Morgan fingerprint density at radius 3 is 2.17 bits per heavy atom.